The Labute approximate surface area is 230 Å². The van der Waals surface area contributed by atoms with E-state index in [2.05, 4.69) is 18.5 Å². The first-order valence-electron chi connectivity index (χ1n) is 12.8. The number of anilines is 1. The zero-order valence-electron chi connectivity index (χ0n) is 21.5. The Morgan fingerprint density at radius 2 is 1.87 bits per heavy atom. The van der Waals surface area contributed by atoms with Crippen molar-refractivity contribution in [3.63, 3.8) is 0 Å². The SMILES string of the molecule is C=CC(=O)N1CCN(c2nc(=O)n(-c3ccccc3CCC)c3cc(-c4c(O)cccc4F)c(Cl)cc23)CC1. The summed E-state index contributed by atoms with van der Waals surface area (Å²) in [6, 6.07) is 15.0. The van der Waals surface area contributed by atoms with E-state index in [0.717, 1.165) is 18.4 Å². The van der Waals surface area contributed by atoms with E-state index in [-0.39, 0.29) is 27.8 Å². The van der Waals surface area contributed by atoms with E-state index >= 15 is 0 Å². The molecular formula is C30H28ClFN4O3. The van der Waals surface area contributed by atoms with E-state index in [4.69, 9.17) is 11.6 Å². The summed E-state index contributed by atoms with van der Waals surface area (Å²) in [5.41, 5.74) is 1.87. The van der Waals surface area contributed by atoms with Crippen LogP contribution in [-0.2, 0) is 11.2 Å². The zero-order chi connectivity index (χ0) is 27.7. The van der Waals surface area contributed by atoms with Crippen molar-refractivity contribution >= 4 is 34.2 Å². The average molecular weight is 547 g/mol. The number of phenolic OH excluding ortho intramolecular Hbond substituents is 1. The van der Waals surface area contributed by atoms with Crippen molar-refractivity contribution in [3.05, 3.63) is 94.1 Å². The van der Waals surface area contributed by atoms with Crippen LogP contribution in [0.1, 0.15) is 18.9 Å². The largest absolute Gasteiger partial charge is 0.507 e. The molecule has 1 N–H and O–H groups in total. The molecule has 39 heavy (non-hydrogen) atoms. The molecule has 3 aromatic carbocycles. The van der Waals surface area contributed by atoms with Gasteiger partial charge in [-0.1, -0.05) is 55.8 Å². The second-order valence-electron chi connectivity index (χ2n) is 9.43. The third kappa shape index (κ3) is 4.88. The number of benzene rings is 3. The van der Waals surface area contributed by atoms with Crippen molar-refractivity contribution in [1.82, 2.24) is 14.5 Å². The third-order valence-electron chi connectivity index (χ3n) is 7.04. The zero-order valence-corrected chi connectivity index (χ0v) is 22.3. The lowest BCUT2D eigenvalue weighted by molar-refractivity contribution is -0.126. The van der Waals surface area contributed by atoms with Crippen LogP contribution >= 0.6 is 11.6 Å². The van der Waals surface area contributed by atoms with Crippen LogP contribution in [0.3, 0.4) is 0 Å². The number of aryl methyl sites for hydroxylation is 1. The van der Waals surface area contributed by atoms with Crippen LogP contribution < -0.4 is 10.6 Å². The van der Waals surface area contributed by atoms with Crippen molar-refractivity contribution in [1.29, 1.82) is 0 Å². The summed E-state index contributed by atoms with van der Waals surface area (Å²) in [6.07, 6.45) is 2.92. The number of fused-ring (bicyclic) bond motifs is 1. The molecule has 1 aliphatic heterocycles. The lowest BCUT2D eigenvalue weighted by Crippen LogP contribution is -2.49. The minimum absolute atomic E-state index is 0.0415. The first-order valence-corrected chi connectivity index (χ1v) is 13.2. The second-order valence-corrected chi connectivity index (χ2v) is 9.84. The Morgan fingerprint density at radius 1 is 1.13 bits per heavy atom. The van der Waals surface area contributed by atoms with Gasteiger partial charge in [-0.15, -0.1) is 0 Å². The number of carbonyl (C=O) groups is 1. The maximum absolute atomic E-state index is 14.9. The first kappa shape index (κ1) is 26.4. The van der Waals surface area contributed by atoms with Gasteiger partial charge < -0.3 is 14.9 Å². The molecule has 0 bridgehead atoms. The molecule has 1 amide bonds. The number of rotatable bonds is 6. The number of para-hydroxylation sites is 1. The number of nitrogens with zero attached hydrogens (tertiary/aromatic N) is 4. The van der Waals surface area contributed by atoms with Gasteiger partial charge in [-0.05, 0) is 48.4 Å². The Hall–Kier alpha value is -4.17. The summed E-state index contributed by atoms with van der Waals surface area (Å²) in [5, 5.41) is 11.3. The molecule has 0 saturated carbocycles. The van der Waals surface area contributed by atoms with E-state index in [1.54, 1.807) is 17.0 Å². The Morgan fingerprint density at radius 3 is 2.56 bits per heavy atom. The van der Waals surface area contributed by atoms with Crippen LogP contribution in [0, 0.1) is 5.82 Å². The molecule has 0 radical (unpaired) electrons. The van der Waals surface area contributed by atoms with E-state index < -0.39 is 11.5 Å². The number of halogens is 2. The van der Waals surface area contributed by atoms with Crippen molar-refractivity contribution in [2.45, 2.75) is 19.8 Å². The van der Waals surface area contributed by atoms with Gasteiger partial charge in [0.05, 0.1) is 16.8 Å². The summed E-state index contributed by atoms with van der Waals surface area (Å²) < 4.78 is 16.5. The van der Waals surface area contributed by atoms with E-state index in [0.29, 0.717) is 48.6 Å². The highest BCUT2D eigenvalue weighted by molar-refractivity contribution is 6.34. The van der Waals surface area contributed by atoms with Gasteiger partial charge in [-0.2, -0.15) is 4.98 Å². The number of carbonyl (C=O) groups excluding carboxylic acids is 1. The quantitative estimate of drug-likeness (QED) is 0.330. The molecule has 1 saturated heterocycles. The molecule has 1 aromatic heterocycles. The van der Waals surface area contributed by atoms with Crippen molar-refractivity contribution in [2.24, 2.45) is 0 Å². The molecule has 0 atom stereocenters. The highest BCUT2D eigenvalue weighted by Gasteiger charge is 2.25. The van der Waals surface area contributed by atoms with Gasteiger partial charge in [-0.3, -0.25) is 9.36 Å². The number of aromatic hydroxyl groups is 1. The molecular weight excluding hydrogens is 519 g/mol. The molecule has 1 fully saturated rings. The normalized spacial score (nSPS) is 13.6. The molecule has 4 aromatic rings. The maximum atomic E-state index is 14.9. The van der Waals surface area contributed by atoms with E-state index in [9.17, 15) is 19.1 Å². The van der Waals surface area contributed by atoms with Crippen LogP contribution in [0.25, 0.3) is 27.7 Å². The predicted octanol–water partition coefficient (Wildman–Crippen LogP) is 5.34. The van der Waals surface area contributed by atoms with Crippen LogP contribution in [-0.4, -0.2) is 51.6 Å². The minimum Gasteiger partial charge on any atom is -0.507 e. The monoisotopic (exact) mass is 546 g/mol. The lowest BCUT2D eigenvalue weighted by Gasteiger charge is -2.35. The second kappa shape index (κ2) is 10.9. The number of amides is 1. The Balaban J connectivity index is 1.77. The van der Waals surface area contributed by atoms with Gasteiger partial charge in [0.25, 0.3) is 0 Å². The van der Waals surface area contributed by atoms with Gasteiger partial charge in [-0.25, -0.2) is 9.18 Å². The highest BCUT2D eigenvalue weighted by Crippen LogP contribution is 2.40. The number of hydrogen-bond acceptors (Lipinski definition) is 5. The molecule has 200 valence electrons. The van der Waals surface area contributed by atoms with Crippen LogP contribution in [0.4, 0.5) is 10.2 Å². The van der Waals surface area contributed by atoms with Gasteiger partial charge in [0.2, 0.25) is 5.91 Å². The van der Waals surface area contributed by atoms with Gasteiger partial charge in [0, 0.05) is 42.2 Å². The van der Waals surface area contributed by atoms with Gasteiger partial charge >= 0.3 is 5.69 Å². The Bertz CT molecular complexity index is 1620. The molecule has 5 rings (SSSR count). The van der Waals surface area contributed by atoms with Gasteiger partial charge in [0.15, 0.2) is 0 Å². The summed E-state index contributed by atoms with van der Waals surface area (Å²) >= 11 is 6.72. The van der Waals surface area contributed by atoms with Crippen LogP contribution in [0.2, 0.25) is 5.02 Å². The molecule has 1 aliphatic rings. The molecule has 0 unspecified atom stereocenters. The number of piperazine rings is 1. The molecule has 2 heterocycles. The molecule has 9 heteroatoms. The van der Waals surface area contributed by atoms with Crippen molar-refractivity contribution in [2.75, 3.05) is 31.1 Å². The number of phenols is 1. The molecule has 0 spiro atoms. The molecule has 7 nitrogen and oxygen atoms in total. The van der Waals surface area contributed by atoms with Crippen LogP contribution in [0.15, 0.2) is 72.0 Å². The number of aromatic nitrogens is 2. The topological polar surface area (TPSA) is 78.7 Å². The van der Waals surface area contributed by atoms with E-state index in [1.165, 1.54) is 28.8 Å². The van der Waals surface area contributed by atoms with Crippen molar-refractivity contribution in [3.8, 4) is 22.6 Å². The summed E-state index contributed by atoms with van der Waals surface area (Å²) in [6.45, 7) is 7.45. The minimum atomic E-state index is -0.631. The maximum Gasteiger partial charge on any atom is 0.354 e. The smallest absolute Gasteiger partial charge is 0.354 e. The third-order valence-corrected chi connectivity index (χ3v) is 7.35. The average Bonchev–Trinajstić information content (AvgIpc) is 2.93. The Kier molecular flexibility index (Phi) is 7.39. The highest BCUT2D eigenvalue weighted by atomic mass is 35.5. The first-order chi connectivity index (χ1) is 18.8. The van der Waals surface area contributed by atoms with Gasteiger partial charge in [0.1, 0.15) is 17.4 Å². The fraction of sp³-hybridized carbons (Fsp3) is 0.233. The standard InChI is InChI=1S/C30H28ClFN4O3/c1-3-8-19-9-5-6-11-24(19)36-25-18-20(28-23(32)10-7-12-26(28)37)22(31)17-21(25)29(33-30(36)39)35-15-13-34(14-16-35)27(38)4-2/h4-7,9-12,17-18,37H,2-3,8,13-16H2,1H3. The fourth-order valence-electron chi connectivity index (χ4n) is 5.15. The van der Waals surface area contributed by atoms with Crippen LogP contribution in [0.5, 0.6) is 5.75 Å². The molecule has 0 aliphatic carbocycles. The number of hydrogen-bond donors (Lipinski definition) is 1. The van der Waals surface area contributed by atoms with Crippen molar-refractivity contribution < 1.29 is 14.3 Å². The summed E-state index contributed by atoms with van der Waals surface area (Å²) in [5.74, 6) is -0.591. The van der Waals surface area contributed by atoms with E-state index in [1.807, 2.05) is 29.2 Å². The summed E-state index contributed by atoms with van der Waals surface area (Å²) in [7, 11) is 0. The lowest BCUT2D eigenvalue weighted by atomic mass is 10.0. The summed E-state index contributed by atoms with van der Waals surface area (Å²) in [4.78, 5) is 34.0. The predicted molar refractivity (Wildman–Crippen MR) is 152 cm³/mol. The fourth-order valence-corrected chi connectivity index (χ4v) is 5.41.